The molecule has 2 N–H and O–H groups in total. The molecule has 0 unspecified atom stereocenters. The van der Waals surface area contributed by atoms with Crippen molar-refractivity contribution in [3.05, 3.63) is 47.7 Å². The minimum Gasteiger partial charge on any atom is -0.379 e. The van der Waals surface area contributed by atoms with E-state index in [0.717, 1.165) is 12.3 Å². The summed E-state index contributed by atoms with van der Waals surface area (Å²) >= 11 is 1.38. The van der Waals surface area contributed by atoms with E-state index in [4.69, 9.17) is 5.73 Å². The second-order valence-electron chi connectivity index (χ2n) is 5.33. The summed E-state index contributed by atoms with van der Waals surface area (Å²) in [5.74, 6) is -1.91. The molecule has 0 radical (unpaired) electrons. The Balaban J connectivity index is 0.00000208. The van der Waals surface area contributed by atoms with Crippen LogP contribution in [0.15, 0.2) is 29.5 Å². The van der Waals surface area contributed by atoms with Crippen molar-refractivity contribution >= 4 is 29.3 Å². The standard InChI is InChI=1S/C15H13F3N4S.ClH/c1-15(2-5-23-14(19)22-15)9-6-8(10(16)7-11(9)17)12-13(18)21-4-3-20-12;/h3-4,6-7H,2,5H2,1H3,(H2,19,22);1H/t15-;/m0./s1. The van der Waals surface area contributed by atoms with Gasteiger partial charge in [0.2, 0.25) is 5.95 Å². The molecule has 1 aliphatic heterocycles. The zero-order chi connectivity index (χ0) is 16.6. The number of thioether (sulfide) groups is 1. The number of benzene rings is 1. The van der Waals surface area contributed by atoms with Gasteiger partial charge in [-0.3, -0.25) is 4.99 Å². The third-order valence-corrected chi connectivity index (χ3v) is 4.54. The highest BCUT2D eigenvalue weighted by Gasteiger charge is 2.33. The van der Waals surface area contributed by atoms with Gasteiger partial charge in [0.25, 0.3) is 0 Å². The molecule has 0 saturated carbocycles. The maximum Gasteiger partial charge on any atom is 0.239 e. The van der Waals surface area contributed by atoms with E-state index in [1.165, 1.54) is 24.0 Å². The van der Waals surface area contributed by atoms with Crippen molar-refractivity contribution in [1.29, 1.82) is 0 Å². The zero-order valence-corrected chi connectivity index (χ0v) is 14.2. The predicted octanol–water partition coefficient (Wildman–Crippen LogP) is 3.65. The summed E-state index contributed by atoms with van der Waals surface area (Å²) in [7, 11) is 0. The van der Waals surface area contributed by atoms with Crippen LogP contribution in [-0.2, 0) is 5.54 Å². The average Bonchev–Trinajstić information content (AvgIpc) is 2.48. The van der Waals surface area contributed by atoms with E-state index in [9.17, 15) is 13.2 Å². The summed E-state index contributed by atoms with van der Waals surface area (Å²) in [6.07, 6.45) is 2.94. The van der Waals surface area contributed by atoms with Crippen LogP contribution in [0.4, 0.5) is 13.2 Å². The fourth-order valence-corrected chi connectivity index (χ4v) is 3.50. The van der Waals surface area contributed by atoms with E-state index in [2.05, 4.69) is 15.0 Å². The second-order valence-corrected chi connectivity index (χ2v) is 6.45. The molecule has 9 heteroatoms. The molecular weight excluding hydrogens is 361 g/mol. The summed E-state index contributed by atoms with van der Waals surface area (Å²) < 4.78 is 42.2. The Kier molecular flexibility index (Phi) is 5.39. The molecule has 4 nitrogen and oxygen atoms in total. The van der Waals surface area contributed by atoms with Gasteiger partial charge in [0.1, 0.15) is 17.3 Å². The topological polar surface area (TPSA) is 64.2 Å². The van der Waals surface area contributed by atoms with E-state index >= 15 is 0 Å². The molecule has 3 rings (SSSR count). The van der Waals surface area contributed by atoms with Crippen LogP contribution in [0.5, 0.6) is 0 Å². The Morgan fingerprint density at radius 3 is 2.50 bits per heavy atom. The Labute approximate surface area is 147 Å². The first-order valence-corrected chi connectivity index (χ1v) is 7.84. The Morgan fingerprint density at radius 2 is 1.83 bits per heavy atom. The van der Waals surface area contributed by atoms with Gasteiger partial charge in [-0.15, -0.1) is 12.4 Å². The molecule has 1 atom stereocenters. The molecule has 0 saturated heterocycles. The van der Waals surface area contributed by atoms with Gasteiger partial charge in [-0.1, -0.05) is 11.8 Å². The lowest BCUT2D eigenvalue weighted by molar-refractivity contribution is 0.446. The molecule has 1 aromatic carbocycles. The fourth-order valence-electron chi connectivity index (χ4n) is 2.53. The Morgan fingerprint density at radius 1 is 1.12 bits per heavy atom. The van der Waals surface area contributed by atoms with Crippen molar-refractivity contribution in [2.45, 2.75) is 18.9 Å². The molecular formula is C15H14ClF3N4S. The number of halogens is 4. The summed E-state index contributed by atoms with van der Waals surface area (Å²) in [6.45, 7) is 1.71. The lowest BCUT2D eigenvalue weighted by Crippen LogP contribution is -2.29. The minimum absolute atomic E-state index is 0. The first kappa shape index (κ1) is 18.5. The number of nitrogens with zero attached hydrogens (tertiary/aromatic N) is 3. The average molecular weight is 375 g/mol. The largest absolute Gasteiger partial charge is 0.379 e. The van der Waals surface area contributed by atoms with Crippen LogP contribution in [0.25, 0.3) is 11.3 Å². The van der Waals surface area contributed by atoms with Gasteiger partial charge in [-0.05, 0) is 19.4 Å². The molecule has 0 aliphatic carbocycles. The number of nitrogens with two attached hydrogens (primary N) is 1. The SMILES string of the molecule is C[C@@]1(c2cc(-c3nccnc3F)c(F)cc2F)CCSC(N)=N1.Cl. The van der Waals surface area contributed by atoms with Crippen LogP contribution < -0.4 is 5.73 Å². The molecule has 1 aliphatic rings. The third-order valence-electron chi connectivity index (χ3n) is 3.74. The summed E-state index contributed by atoms with van der Waals surface area (Å²) in [4.78, 5) is 11.5. The van der Waals surface area contributed by atoms with Crippen LogP contribution in [0.3, 0.4) is 0 Å². The van der Waals surface area contributed by atoms with Gasteiger partial charge < -0.3 is 5.73 Å². The number of hydrogen-bond acceptors (Lipinski definition) is 5. The number of amidine groups is 1. The van der Waals surface area contributed by atoms with Gasteiger partial charge in [0.15, 0.2) is 5.17 Å². The van der Waals surface area contributed by atoms with E-state index in [0.29, 0.717) is 17.3 Å². The van der Waals surface area contributed by atoms with Gasteiger partial charge in [0.05, 0.1) is 5.54 Å². The van der Waals surface area contributed by atoms with Crippen molar-refractivity contribution in [1.82, 2.24) is 9.97 Å². The van der Waals surface area contributed by atoms with Crippen LogP contribution in [0.1, 0.15) is 18.9 Å². The monoisotopic (exact) mass is 374 g/mol. The number of aromatic nitrogens is 2. The zero-order valence-electron chi connectivity index (χ0n) is 12.6. The van der Waals surface area contributed by atoms with E-state index in [1.807, 2.05) is 0 Å². The minimum atomic E-state index is -0.930. The Hall–Kier alpha value is -1.80. The molecule has 0 bridgehead atoms. The van der Waals surface area contributed by atoms with Crippen molar-refractivity contribution in [2.24, 2.45) is 10.7 Å². The normalized spacial score (nSPS) is 20.2. The molecule has 0 fully saturated rings. The van der Waals surface area contributed by atoms with Crippen molar-refractivity contribution in [3.8, 4) is 11.3 Å². The van der Waals surface area contributed by atoms with Crippen LogP contribution in [0.2, 0.25) is 0 Å². The van der Waals surface area contributed by atoms with Gasteiger partial charge >= 0.3 is 0 Å². The summed E-state index contributed by atoms with van der Waals surface area (Å²) in [6, 6.07) is 1.96. The maximum absolute atomic E-state index is 14.3. The smallest absolute Gasteiger partial charge is 0.239 e. The molecule has 128 valence electrons. The van der Waals surface area contributed by atoms with E-state index < -0.39 is 23.1 Å². The van der Waals surface area contributed by atoms with Gasteiger partial charge in [-0.2, -0.15) is 4.39 Å². The maximum atomic E-state index is 14.3. The van der Waals surface area contributed by atoms with Crippen LogP contribution in [0, 0.1) is 17.6 Å². The first-order chi connectivity index (χ1) is 10.9. The lowest BCUT2D eigenvalue weighted by atomic mass is 9.87. The van der Waals surface area contributed by atoms with E-state index in [-0.39, 0.29) is 29.2 Å². The highest BCUT2D eigenvalue weighted by Crippen LogP contribution is 2.38. The van der Waals surface area contributed by atoms with Crippen LogP contribution in [-0.4, -0.2) is 20.9 Å². The number of hydrogen-bond donors (Lipinski definition) is 1. The van der Waals surface area contributed by atoms with Crippen molar-refractivity contribution < 1.29 is 13.2 Å². The van der Waals surface area contributed by atoms with Gasteiger partial charge in [0, 0.05) is 35.3 Å². The second kappa shape index (κ2) is 6.98. The fraction of sp³-hybridized carbons (Fsp3) is 0.267. The van der Waals surface area contributed by atoms with Crippen molar-refractivity contribution in [2.75, 3.05) is 5.75 Å². The predicted molar refractivity (Wildman–Crippen MR) is 90.6 cm³/mol. The molecule has 0 amide bonds. The molecule has 24 heavy (non-hydrogen) atoms. The summed E-state index contributed by atoms with van der Waals surface area (Å²) in [5, 5.41) is 0.342. The van der Waals surface area contributed by atoms with E-state index in [1.54, 1.807) is 6.92 Å². The third kappa shape index (κ3) is 3.34. The highest BCUT2D eigenvalue weighted by molar-refractivity contribution is 8.13. The number of aliphatic imine (C=N–C) groups is 1. The first-order valence-electron chi connectivity index (χ1n) is 6.85. The van der Waals surface area contributed by atoms with Crippen LogP contribution >= 0.6 is 24.2 Å². The molecule has 2 aromatic rings. The lowest BCUT2D eigenvalue weighted by Gasteiger charge is -2.30. The van der Waals surface area contributed by atoms with Crippen molar-refractivity contribution in [3.63, 3.8) is 0 Å². The molecule has 0 spiro atoms. The quantitative estimate of drug-likeness (QED) is 0.871. The Bertz CT molecular complexity index is 802. The molecule has 1 aromatic heterocycles. The highest BCUT2D eigenvalue weighted by atomic mass is 35.5. The molecule has 2 heterocycles. The number of rotatable bonds is 2. The van der Waals surface area contributed by atoms with Gasteiger partial charge in [-0.25, -0.2) is 18.7 Å². The summed E-state index contributed by atoms with van der Waals surface area (Å²) in [5.41, 5.74) is 4.54.